The van der Waals surface area contributed by atoms with Crippen molar-refractivity contribution < 1.29 is 0 Å². The molecule has 1 saturated carbocycles. The van der Waals surface area contributed by atoms with E-state index in [1.807, 2.05) is 0 Å². The van der Waals surface area contributed by atoms with Crippen LogP contribution in [0.25, 0.3) is 32.7 Å². The van der Waals surface area contributed by atoms with E-state index in [9.17, 15) is 0 Å². The summed E-state index contributed by atoms with van der Waals surface area (Å²) in [6.07, 6.45) is 0. The van der Waals surface area contributed by atoms with Gasteiger partial charge in [0.2, 0.25) is 0 Å². The summed E-state index contributed by atoms with van der Waals surface area (Å²) in [6.45, 7) is 0. The molecule has 0 nitrogen and oxygen atoms in total. The van der Waals surface area contributed by atoms with E-state index in [4.69, 9.17) is 0 Å². The largest absolute Gasteiger partial charge is 0.0619 e. The third-order valence-corrected chi connectivity index (χ3v) is 8.79. The lowest BCUT2D eigenvalue weighted by Crippen LogP contribution is -2.42. The second-order valence-electron chi connectivity index (χ2n) is 10.5. The summed E-state index contributed by atoms with van der Waals surface area (Å²) in [7, 11) is 0. The van der Waals surface area contributed by atoms with E-state index in [0.29, 0.717) is 23.7 Å². The fraction of sp³-hybridized carbons (Fsp3) is 0.111. The van der Waals surface area contributed by atoms with Crippen LogP contribution in [-0.2, 0) is 0 Å². The summed E-state index contributed by atoms with van der Waals surface area (Å²) in [5.74, 6) is 1.84. The Hall–Kier alpha value is -4.16. The molecular weight excluding hydrogens is 432 g/mol. The molecule has 6 aromatic carbocycles. The van der Waals surface area contributed by atoms with E-state index >= 15 is 0 Å². The molecule has 2 aliphatic rings. The van der Waals surface area contributed by atoms with E-state index in [0.717, 1.165) is 0 Å². The van der Waals surface area contributed by atoms with Crippen LogP contribution >= 0.6 is 0 Å². The Labute approximate surface area is 211 Å². The van der Waals surface area contributed by atoms with Gasteiger partial charge in [0, 0.05) is 0 Å². The summed E-state index contributed by atoms with van der Waals surface area (Å²) in [5.41, 5.74) is 8.77. The highest BCUT2D eigenvalue weighted by Crippen LogP contribution is 2.70. The zero-order valence-corrected chi connectivity index (χ0v) is 20.0. The Morgan fingerprint density at radius 1 is 0.306 bits per heavy atom. The van der Waals surface area contributed by atoms with Gasteiger partial charge in [-0.1, -0.05) is 133 Å². The second kappa shape index (κ2) is 7.67. The van der Waals surface area contributed by atoms with E-state index in [1.165, 1.54) is 54.9 Å². The maximum absolute atomic E-state index is 2.45. The predicted octanol–water partition coefficient (Wildman–Crippen LogP) is 9.42. The predicted molar refractivity (Wildman–Crippen MR) is 151 cm³/mol. The number of benzene rings is 6. The first kappa shape index (κ1) is 20.1. The van der Waals surface area contributed by atoms with Crippen LogP contribution in [0.5, 0.6) is 0 Å². The molecule has 0 heterocycles. The van der Waals surface area contributed by atoms with Gasteiger partial charge in [-0.2, -0.15) is 0 Å². The van der Waals surface area contributed by atoms with Crippen LogP contribution in [0.15, 0.2) is 133 Å². The number of rotatable bonds is 2. The molecule has 0 N–H and O–H groups in total. The molecule has 0 radical (unpaired) electrons. The third kappa shape index (κ3) is 2.82. The zero-order valence-electron chi connectivity index (χ0n) is 20.0. The molecule has 6 aromatic rings. The molecule has 36 heavy (non-hydrogen) atoms. The summed E-state index contributed by atoms with van der Waals surface area (Å²) in [6, 6.07) is 50.1. The number of fused-ring (bicyclic) bond motifs is 8. The Morgan fingerprint density at radius 3 is 1.17 bits per heavy atom. The van der Waals surface area contributed by atoms with Gasteiger partial charge in [0.05, 0.1) is 0 Å². The second-order valence-corrected chi connectivity index (χ2v) is 10.5. The summed E-state index contributed by atoms with van der Waals surface area (Å²) in [5, 5.41) is 5.29. The van der Waals surface area contributed by atoms with Gasteiger partial charge in [0.25, 0.3) is 0 Å². The van der Waals surface area contributed by atoms with Crippen molar-refractivity contribution in [3.8, 4) is 11.1 Å². The lowest BCUT2D eigenvalue weighted by Gasteiger charge is -2.56. The molecular formula is C36H26. The molecule has 170 valence electrons. The van der Waals surface area contributed by atoms with Gasteiger partial charge >= 0.3 is 0 Å². The Balaban J connectivity index is 1.37. The van der Waals surface area contributed by atoms with Gasteiger partial charge in [-0.3, -0.25) is 0 Å². The molecule has 0 unspecified atom stereocenters. The molecule has 0 amide bonds. The Bertz CT molecular complexity index is 1640. The quantitative estimate of drug-likeness (QED) is 0.242. The van der Waals surface area contributed by atoms with Crippen LogP contribution in [0.3, 0.4) is 0 Å². The van der Waals surface area contributed by atoms with Crippen molar-refractivity contribution >= 4 is 21.5 Å². The molecule has 0 spiro atoms. The molecule has 2 aliphatic carbocycles. The minimum Gasteiger partial charge on any atom is -0.0619 e. The van der Waals surface area contributed by atoms with Crippen molar-refractivity contribution in [1.29, 1.82) is 0 Å². The lowest BCUT2D eigenvalue weighted by atomic mass is 9.46. The molecule has 8 rings (SSSR count). The van der Waals surface area contributed by atoms with Crippen LogP contribution < -0.4 is 0 Å². The average molecular weight is 459 g/mol. The van der Waals surface area contributed by atoms with Crippen molar-refractivity contribution in [3.05, 3.63) is 156 Å². The Morgan fingerprint density at radius 2 is 0.694 bits per heavy atom. The fourth-order valence-electron chi connectivity index (χ4n) is 7.25. The molecule has 0 bridgehead atoms. The van der Waals surface area contributed by atoms with Gasteiger partial charge in [-0.25, -0.2) is 0 Å². The van der Waals surface area contributed by atoms with Crippen molar-refractivity contribution in [3.63, 3.8) is 0 Å². The summed E-state index contributed by atoms with van der Waals surface area (Å²) in [4.78, 5) is 0. The molecule has 1 fully saturated rings. The molecule has 0 aliphatic heterocycles. The van der Waals surface area contributed by atoms with Crippen LogP contribution in [0.2, 0.25) is 0 Å². The molecule has 0 saturated heterocycles. The van der Waals surface area contributed by atoms with Crippen molar-refractivity contribution in [2.45, 2.75) is 23.7 Å². The number of hydrogen-bond acceptors (Lipinski definition) is 0. The third-order valence-electron chi connectivity index (χ3n) is 8.79. The lowest BCUT2D eigenvalue weighted by molar-refractivity contribution is 0.227. The monoisotopic (exact) mass is 458 g/mol. The maximum Gasteiger partial charge on any atom is -0.000567 e. The fourth-order valence-corrected chi connectivity index (χ4v) is 7.25. The van der Waals surface area contributed by atoms with E-state index in [1.54, 1.807) is 0 Å². The van der Waals surface area contributed by atoms with Crippen molar-refractivity contribution in [2.75, 3.05) is 0 Å². The average Bonchev–Trinajstić information content (AvgIpc) is 2.93. The topological polar surface area (TPSA) is 0 Å². The van der Waals surface area contributed by atoms with Crippen LogP contribution in [-0.4, -0.2) is 0 Å². The highest BCUT2D eigenvalue weighted by atomic mass is 14.6. The summed E-state index contributed by atoms with van der Waals surface area (Å²) >= 11 is 0. The van der Waals surface area contributed by atoms with E-state index in [-0.39, 0.29) is 0 Å². The van der Waals surface area contributed by atoms with Gasteiger partial charge in [-0.15, -0.1) is 0 Å². The van der Waals surface area contributed by atoms with Crippen LogP contribution in [0.4, 0.5) is 0 Å². The molecule has 4 atom stereocenters. The first-order chi connectivity index (χ1) is 17.9. The number of hydrogen-bond donors (Lipinski definition) is 0. The molecule has 0 aromatic heterocycles. The highest BCUT2D eigenvalue weighted by Gasteiger charge is 2.55. The maximum atomic E-state index is 2.45. The van der Waals surface area contributed by atoms with Crippen LogP contribution in [0, 0.1) is 0 Å². The van der Waals surface area contributed by atoms with E-state index < -0.39 is 0 Å². The minimum absolute atomic E-state index is 0.440. The first-order valence-corrected chi connectivity index (χ1v) is 13.0. The summed E-state index contributed by atoms with van der Waals surface area (Å²) < 4.78 is 0. The Kier molecular flexibility index (Phi) is 4.28. The van der Waals surface area contributed by atoms with Crippen LogP contribution in [0.1, 0.15) is 45.9 Å². The zero-order chi connectivity index (χ0) is 23.6. The van der Waals surface area contributed by atoms with Gasteiger partial charge in [-0.05, 0) is 78.6 Å². The van der Waals surface area contributed by atoms with E-state index in [2.05, 4.69) is 133 Å². The van der Waals surface area contributed by atoms with Crippen molar-refractivity contribution in [2.24, 2.45) is 0 Å². The first-order valence-electron chi connectivity index (χ1n) is 13.0. The van der Waals surface area contributed by atoms with Crippen molar-refractivity contribution in [1.82, 2.24) is 0 Å². The molecule has 0 heteroatoms. The van der Waals surface area contributed by atoms with Gasteiger partial charge in [0.15, 0.2) is 0 Å². The smallest absolute Gasteiger partial charge is 0.000567 e. The highest BCUT2D eigenvalue weighted by molar-refractivity contribution is 5.85. The SMILES string of the molecule is c1ccc2c(c1)-c1ccccc1[C@@H]1[C@@H](c3ccc4ccccc4c3)[C@@H](c3ccc4ccccc4c3)[C@@H]21. The minimum atomic E-state index is 0.440. The van der Waals surface area contributed by atoms with Gasteiger partial charge in [0.1, 0.15) is 0 Å². The standard InChI is InChI=1S/C36H26/c1-3-11-25-21-27(19-17-23(25)9-1)33-34(28-20-18-24-10-2-4-12-26(24)22-28)36-32-16-8-6-14-30(32)29-13-5-7-15-31(29)35(33)36/h1-22,33-36H/t33-,34+,35-,36-/m1/s1. The normalized spacial score (nSPS) is 21.9. The van der Waals surface area contributed by atoms with Gasteiger partial charge < -0.3 is 0 Å².